The van der Waals surface area contributed by atoms with Crippen LogP contribution in [0.4, 0.5) is 0 Å². The Kier molecular flexibility index (Phi) is 1.67. The highest BCUT2D eigenvalue weighted by atomic mass is 16.2. The summed E-state index contributed by atoms with van der Waals surface area (Å²) in [5, 5.41) is 5.95. The smallest absolute Gasteiger partial charge is 0.248 e. The summed E-state index contributed by atoms with van der Waals surface area (Å²) >= 11 is 0. The van der Waals surface area contributed by atoms with Crippen molar-refractivity contribution in [3.05, 3.63) is 0 Å². The van der Waals surface area contributed by atoms with Crippen molar-refractivity contribution in [3.8, 4) is 0 Å². The minimum Gasteiger partial charge on any atom is -0.273 e. The Morgan fingerprint density at radius 2 is 2.17 bits per heavy atom. The Labute approximate surface area is 72.4 Å². The molecule has 1 saturated carbocycles. The second-order valence-electron chi connectivity index (χ2n) is 3.87. The van der Waals surface area contributed by atoms with Gasteiger partial charge in [0.05, 0.1) is 12.1 Å². The molecule has 0 aromatic carbocycles. The van der Waals surface area contributed by atoms with Crippen LogP contribution in [-0.4, -0.2) is 22.7 Å². The molecule has 2 aliphatic rings. The van der Waals surface area contributed by atoms with Crippen LogP contribution >= 0.6 is 0 Å². The van der Waals surface area contributed by atoms with E-state index in [2.05, 4.69) is 5.10 Å². The van der Waals surface area contributed by atoms with Gasteiger partial charge in [-0.05, 0) is 32.6 Å². The fourth-order valence-corrected chi connectivity index (χ4v) is 1.51. The molecule has 0 N–H and O–H groups in total. The lowest BCUT2D eigenvalue weighted by Gasteiger charge is -2.15. The summed E-state index contributed by atoms with van der Waals surface area (Å²) < 4.78 is 0. The zero-order chi connectivity index (χ0) is 8.72. The van der Waals surface area contributed by atoms with Crippen LogP contribution in [-0.2, 0) is 4.79 Å². The van der Waals surface area contributed by atoms with Crippen LogP contribution in [0.3, 0.4) is 0 Å². The van der Waals surface area contributed by atoms with E-state index in [0.717, 1.165) is 5.71 Å². The number of hydrazone groups is 1. The maximum absolute atomic E-state index is 11.4. The first-order chi connectivity index (χ1) is 5.68. The summed E-state index contributed by atoms with van der Waals surface area (Å²) in [6, 6.07) is 0.216. The van der Waals surface area contributed by atoms with E-state index >= 15 is 0 Å². The Hall–Kier alpha value is -0.860. The molecule has 0 aromatic rings. The van der Waals surface area contributed by atoms with Crippen LogP contribution < -0.4 is 0 Å². The van der Waals surface area contributed by atoms with E-state index in [-0.39, 0.29) is 11.9 Å². The fourth-order valence-electron chi connectivity index (χ4n) is 1.51. The van der Waals surface area contributed by atoms with Gasteiger partial charge in [-0.25, -0.2) is 5.01 Å². The molecule has 12 heavy (non-hydrogen) atoms. The Bertz CT molecular complexity index is 241. The van der Waals surface area contributed by atoms with Crippen molar-refractivity contribution in [2.45, 2.75) is 39.2 Å². The summed E-state index contributed by atoms with van der Waals surface area (Å²) in [5.74, 6) is 0.810. The summed E-state index contributed by atoms with van der Waals surface area (Å²) in [5.41, 5.74) is 1.12. The van der Waals surface area contributed by atoms with E-state index in [9.17, 15) is 4.79 Å². The summed E-state index contributed by atoms with van der Waals surface area (Å²) in [6.07, 6.45) is 3.04. The third-order valence-electron chi connectivity index (χ3n) is 2.36. The van der Waals surface area contributed by atoms with Gasteiger partial charge in [-0.1, -0.05) is 0 Å². The lowest BCUT2D eigenvalue weighted by molar-refractivity contribution is -0.130. The van der Waals surface area contributed by atoms with Crippen LogP contribution in [0.15, 0.2) is 5.10 Å². The third-order valence-corrected chi connectivity index (χ3v) is 2.36. The largest absolute Gasteiger partial charge is 0.273 e. The van der Waals surface area contributed by atoms with Crippen molar-refractivity contribution in [1.29, 1.82) is 0 Å². The minimum atomic E-state index is 0.173. The van der Waals surface area contributed by atoms with Crippen molar-refractivity contribution in [1.82, 2.24) is 5.01 Å². The van der Waals surface area contributed by atoms with E-state index in [1.807, 2.05) is 13.8 Å². The first-order valence-corrected chi connectivity index (χ1v) is 4.58. The summed E-state index contributed by atoms with van der Waals surface area (Å²) in [6.45, 7) is 3.99. The Morgan fingerprint density at radius 3 is 2.58 bits per heavy atom. The van der Waals surface area contributed by atoms with Gasteiger partial charge in [0, 0.05) is 6.04 Å². The number of hydrogen-bond acceptors (Lipinski definition) is 2. The fraction of sp³-hybridized carbons (Fsp3) is 0.778. The highest BCUT2D eigenvalue weighted by molar-refractivity contribution is 6.06. The average Bonchev–Trinajstić information content (AvgIpc) is 2.75. The molecule has 0 saturated heterocycles. The molecule has 66 valence electrons. The first kappa shape index (κ1) is 7.77. The van der Waals surface area contributed by atoms with Gasteiger partial charge < -0.3 is 0 Å². The normalized spacial score (nSPS) is 23.8. The minimum absolute atomic E-state index is 0.173. The van der Waals surface area contributed by atoms with Crippen molar-refractivity contribution in [3.63, 3.8) is 0 Å². The van der Waals surface area contributed by atoms with E-state index in [4.69, 9.17) is 0 Å². The molecule has 1 heterocycles. The zero-order valence-corrected chi connectivity index (χ0v) is 7.58. The molecule has 1 aliphatic heterocycles. The molecular weight excluding hydrogens is 152 g/mol. The van der Waals surface area contributed by atoms with Crippen molar-refractivity contribution in [2.24, 2.45) is 11.0 Å². The number of carbonyl (C=O) groups is 1. The second-order valence-corrected chi connectivity index (χ2v) is 3.87. The van der Waals surface area contributed by atoms with Gasteiger partial charge in [-0.3, -0.25) is 4.79 Å². The highest BCUT2D eigenvalue weighted by Gasteiger charge is 2.35. The SMILES string of the molecule is CC(C)N1N=C(C2CC2)CC1=O. The predicted molar refractivity (Wildman–Crippen MR) is 46.8 cm³/mol. The van der Waals surface area contributed by atoms with Crippen LogP contribution in [0.5, 0.6) is 0 Å². The lowest BCUT2D eigenvalue weighted by Crippen LogP contribution is -2.27. The molecule has 0 radical (unpaired) electrons. The number of hydrogen-bond donors (Lipinski definition) is 0. The number of rotatable bonds is 2. The predicted octanol–water partition coefficient (Wildman–Crippen LogP) is 1.39. The quantitative estimate of drug-likeness (QED) is 0.610. The monoisotopic (exact) mass is 166 g/mol. The van der Waals surface area contributed by atoms with Gasteiger partial charge in [0.1, 0.15) is 0 Å². The molecule has 0 spiro atoms. The van der Waals surface area contributed by atoms with E-state index < -0.39 is 0 Å². The van der Waals surface area contributed by atoms with Gasteiger partial charge in [0.15, 0.2) is 0 Å². The van der Waals surface area contributed by atoms with Gasteiger partial charge in [-0.15, -0.1) is 0 Å². The molecule has 0 atom stereocenters. The first-order valence-electron chi connectivity index (χ1n) is 4.58. The Morgan fingerprint density at radius 1 is 1.50 bits per heavy atom. The maximum atomic E-state index is 11.4. The molecule has 0 aromatic heterocycles. The number of carbonyl (C=O) groups excluding carboxylic acids is 1. The molecule has 1 fully saturated rings. The standard InChI is InChI=1S/C9H14N2O/c1-6(2)11-9(12)5-8(10-11)7-3-4-7/h6-7H,3-5H2,1-2H3. The van der Waals surface area contributed by atoms with Crippen LogP contribution in [0.1, 0.15) is 33.1 Å². The van der Waals surface area contributed by atoms with Gasteiger partial charge in [-0.2, -0.15) is 5.10 Å². The van der Waals surface area contributed by atoms with Crippen molar-refractivity contribution in [2.75, 3.05) is 0 Å². The molecular formula is C9H14N2O. The third kappa shape index (κ3) is 1.24. The zero-order valence-electron chi connectivity index (χ0n) is 7.58. The highest BCUT2D eigenvalue weighted by Crippen LogP contribution is 2.34. The maximum Gasteiger partial charge on any atom is 0.248 e. The van der Waals surface area contributed by atoms with Crippen molar-refractivity contribution >= 4 is 11.6 Å². The van der Waals surface area contributed by atoms with Crippen molar-refractivity contribution < 1.29 is 4.79 Å². The Balaban J connectivity index is 2.10. The lowest BCUT2D eigenvalue weighted by atomic mass is 10.2. The number of nitrogens with zero attached hydrogens (tertiary/aromatic N) is 2. The average molecular weight is 166 g/mol. The molecule has 0 unspecified atom stereocenters. The molecule has 0 bridgehead atoms. The summed E-state index contributed by atoms with van der Waals surface area (Å²) in [4.78, 5) is 11.4. The van der Waals surface area contributed by atoms with E-state index in [1.54, 1.807) is 5.01 Å². The second kappa shape index (κ2) is 2.57. The van der Waals surface area contributed by atoms with Crippen LogP contribution in [0, 0.1) is 5.92 Å². The molecule has 2 rings (SSSR count). The topological polar surface area (TPSA) is 32.7 Å². The molecule has 1 amide bonds. The van der Waals surface area contributed by atoms with E-state index in [1.165, 1.54) is 12.8 Å². The van der Waals surface area contributed by atoms with E-state index in [0.29, 0.717) is 12.3 Å². The van der Waals surface area contributed by atoms with Crippen LogP contribution in [0.2, 0.25) is 0 Å². The molecule has 1 aliphatic carbocycles. The van der Waals surface area contributed by atoms with Gasteiger partial charge in [0.2, 0.25) is 5.91 Å². The van der Waals surface area contributed by atoms with Gasteiger partial charge in [0.25, 0.3) is 0 Å². The van der Waals surface area contributed by atoms with Crippen LogP contribution in [0.25, 0.3) is 0 Å². The van der Waals surface area contributed by atoms with Gasteiger partial charge >= 0.3 is 0 Å². The summed E-state index contributed by atoms with van der Waals surface area (Å²) in [7, 11) is 0. The number of amides is 1. The molecule has 3 nitrogen and oxygen atoms in total. The molecule has 3 heteroatoms.